The van der Waals surface area contributed by atoms with Crippen LogP contribution in [0.15, 0.2) is 200 Å². The lowest BCUT2D eigenvalue weighted by atomic mass is 9.46. The van der Waals surface area contributed by atoms with E-state index < -0.39 is 10.8 Å². The number of benzene rings is 7. The van der Waals surface area contributed by atoms with E-state index in [0.29, 0.717) is 17.5 Å². The highest BCUT2D eigenvalue weighted by Gasteiger charge is 2.62. The minimum Gasteiger partial charge on any atom is -0.231 e. The fraction of sp³-hybridized carbons (Fsp3) is 0.0392. The second-order valence-electron chi connectivity index (χ2n) is 14.4. The molecule has 9 aromatic rings. The molecule has 5 heteroatoms. The van der Waals surface area contributed by atoms with Gasteiger partial charge in [0.2, 0.25) is 0 Å². The van der Waals surface area contributed by atoms with Crippen LogP contribution in [0.1, 0.15) is 45.0 Å². The minimum absolute atomic E-state index is 0.630. The van der Waals surface area contributed by atoms with E-state index in [2.05, 4.69) is 152 Å². The zero-order valence-corrected chi connectivity index (χ0v) is 30.3. The van der Waals surface area contributed by atoms with Gasteiger partial charge in [-0.25, -0.2) is 24.9 Å². The van der Waals surface area contributed by atoms with Gasteiger partial charge in [0.15, 0.2) is 17.5 Å². The number of aromatic nitrogens is 5. The molecule has 3 aliphatic carbocycles. The maximum Gasteiger partial charge on any atom is 0.163 e. The molecule has 12 rings (SSSR count). The predicted octanol–water partition coefficient (Wildman–Crippen LogP) is 10.7. The van der Waals surface area contributed by atoms with Crippen LogP contribution in [0.4, 0.5) is 0 Å². The summed E-state index contributed by atoms with van der Waals surface area (Å²) in [6.07, 6.45) is 0. The SMILES string of the molecule is c1ccc(-c2cc(-c3ccccc3)nc(C34c5ccccc5C(c5nc(-c6ccccc6)nc(-c6ccccc6)n5)(c5ccccc53)c3ccccc34)n2)cc1. The molecule has 0 atom stereocenters. The zero-order valence-electron chi connectivity index (χ0n) is 30.3. The van der Waals surface area contributed by atoms with Gasteiger partial charge in [-0.1, -0.05) is 194 Å². The summed E-state index contributed by atoms with van der Waals surface area (Å²) < 4.78 is 0. The van der Waals surface area contributed by atoms with E-state index in [0.717, 1.165) is 72.8 Å². The summed E-state index contributed by atoms with van der Waals surface area (Å²) in [5.74, 6) is 2.66. The van der Waals surface area contributed by atoms with E-state index in [1.165, 1.54) is 0 Å². The predicted molar refractivity (Wildman–Crippen MR) is 221 cm³/mol. The van der Waals surface area contributed by atoms with E-state index in [4.69, 9.17) is 24.9 Å². The van der Waals surface area contributed by atoms with Crippen molar-refractivity contribution in [1.29, 1.82) is 0 Å². The highest BCUT2D eigenvalue weighted by molar-refractivity contribution is 5.82. The van der Waals surface area contributed by atoms with E-state index in [-0.39, 0.29) is 0 Å². The van der Waals surface area contributed by atoms with E-state index in [1.807, 2.05) is 48.5 Å². The standard InChI is InChI=1S/C51H33N5/c1-5-19-34(20-6-1)44-33-45(35-21-7-2-8-22-35)53-48(52-44)50-38-27-13-16-30-41(38)51(42-31-17-14-28-39(42)50,43-32-18-15-29-40(43)50)49-55-46(36-23-9-3-10-24-36)54-47(56-49)37-25-11-4-12-26-37/h1-33H. The number of hydrogen-bond donors (Lipinski definition) is 0. The third kappa shape index (κ3) is 4.58. The summed E-state index contributed by atoms with van der Waals surface area (Å²) in [4.78, 5) is 27.2. The number of rotatable bonds is 6. The topological polar surface area (TPSA) is 64.5 Å². The normalized spacial score (nSPS) is 17.4. The second kappa shape index (κ2) is 12.6. The molecule has 3 aliphatic rings. The Labute approximate surface area is 325 Å². The van der Waals surface area contributed by atoms with Crippen LogP contribution in [-0.2, 0) is 10.8 Å². The van der Waals surface area contributed by atoms with Gasteiger partial charge in [-0.3, -0.25) is 0 Å². The summed E-state index contributed by atoms with van der Waals surface area (Å²) in [5.41, 5.74) is 10.6. The van der Waals surface area contributed by atoms with Crippen molar-refractivity contribution < 1.29 is 0 Å². The van der Waals surface area contributed by atoms with Crippen LogP contribution >= 0.6 is 0 Å². The molecular formula is C51H33N5. The van der Waals surface area contributed by atoms with Crippen LogP contribution in [0, 0.1) is 0 Å². The molecule has 0 unspecified atom stereocenters. The summed E-state index contributed by atoms with van der Waals surface area (Å²) in [7, 11) is 0. The molecule has 56 heavy (non-hydrogen) atoms. The Morgan fingerprint density at radius 3 is 0.839 bits per heavy atom. The molecule has 0 saturated heterocycles. The lowest BCUT2D eigenvalue weighted by molar-refractivity contribution is 0.518. The van der Waals surface area contributed by atoms with Gasteiger partial charge in [0, 0.05) is 22.3 Å². The van der Waals surface area contributed by atoms with Crippen LogP contribution < -0.4 is 0 Å². The zero-order chi connectivity index (χ0) is 37.1. The first-order valence-electron chi connectivity index (χ1n) is 18.9. The molecule has 2 aromatic heterocycles. The summed E-state index contributed by atoms with van der Waals surface area (Å²) in [6.45, 7) is 0. The van der Waals surface area contributed by atoms with Crippen LogP contribution in [0.25, 0.3) is 45.3 Å². The van der Waals surface area contributed by atoms with Gasteiger partial charge in [0.25, 0.3) is 0 Å². The molecule has 5 nitrogen and oxygen atoms in total. The Morgan fingerprint density at radius 2 is 0.518 bits per heavy atom. The maximum absolute atomic E-state index is 5.57. The van der Waals surface area contributed by atoms with Gasteiger partial charge < -0.3 is 0 Å². The van der Waals surface area contributed by atoms with Crippen molar-refractivity contribution >= 4 is 0 Å². The maximum atomic E-state index is 5.57. The smallest absolute Gasteiger partial charge is 0.163 e. The van der Waals surface area contributed by atoms with Gasteiger partial charge in [-0.2, -0.15) is 0 Å². The largest absolute Gasteiger partial charge is 0.231 e. The monoisotopic (exact) mass is 715 g/mol. The molecule has 0 aliphatic heterocycles. The summed E-state index contributed by atoms with van der Waals surface area (Å²) >= 11 is 0. The third-order valence-corrected chi connectivity index (χ3v) is 11.4. The molecule has 7 aromatic carbocycles. The first-order chi connectivity index (χ1) is 27.8. The van der Waals surface area contributed by atoms with Crippen LogP contribution in [0.5, 0.6) is 0 Å². The molecule has 0 amide bonds. The molecule has 0 saturated carbocycles. The lowest BCUT2D eigenvalue weighted by Gasteiger charge is -2.55. The molecule has 0 spiro atoms. The van der Waals surface area contributed by atoms with Crippen molar-refractivity contribution in [1.82, 2.24) is 24.9 Å². The highest BCUT2D eigenvalue weighted by Crippen LogP contribution is 2.65. The first kappa shape index (κ1) is 32.1. The molecular weight excluding hydrogens is 683 g/mol. The van der Waals surface area contributed by atoms with E-state index in [9.17, 15) is 0 Å². The van der Waals surface area contributed by atoms with Crippen molar-refractivity contribution in [2.75, 3.05) is 0 Å². The minimum atomic E-state index is -0.874. The molecule has 0 fully saturated rings. The van der Waals surface area contributed by atoms with E-state index >= 15 is 0 Å². The fourth-order valence-electron chi connectivity index (χ4n) is 9.11. The second-order valence-corrected chi connectivity index (χ2v) is 14.4. The molecule has 262 valence electrons. The van der Waals surface area contributed by atoms with Crippen LogP contribution in [0.2, 0.25) is 0 Å². The fourth-order valence-corrected chi connectivity index (χ4v) is 9.11. The Morgan fingerprint density at radius 1 is 0.250 bits per heavy atom. The summed E-state index contributed by atoms with van der Waals surface area (Å²) in [6, 6.07) is 69.7. The average Bonchev–Trinajstić information content (AvgIpc) is 3.29. The van der Waals surface area contributed by atoms with Gasteiger partial charge in [0.1, 0.15) is 16.7 Å². The van der Waals surface area contributed by atoms with Crippen molar-refractivity contribution in [2.24, 2.45) is 0 Å². The Hall–Kier alpha value is -7.37. The quantitative estimate of drug-likeness (QED) is 0.171. The number of nitrogens with zero attached hydrogens (tertiary/aromatic N) is 5. The Kier molecular flexibility index (Phi) is 7.23. The average molecular weight is 716 g/mol. The lowest BCUT2D eigenvalue weighted by Crippen LogP contribution is -2.53. The van der Waals surface area contributed by atoms with Gasteiger partial charge in [0.05, 0.1) is 11.4 Å². The Balaban J connectivity index is 1.27. The van der Waals surface area contributed by atoms with Gasteiger partial charge >= 0.3 is 0 Å². The highest BCUT2D eigenvalue weighted by atomic mass is 15.1. The molecule has 0 radical (unpaired) electrons. The van der Waals surface area contributed by atoms with Crippen LogP contribution in [-0.4, -0.2) is 24.9 Å². The Bertz CT molecular complexity index is 2480. The third-order valence-electron chi connectivity index (χ3n) is 11.4. The molecule has 2 bridgehead atoms. The molecule has 0 N–H and O–H groups in total. The van der Waals surface area contributed by atoms with Crippen molar-refractivity contribution in [3.63, 3.8) is 0 Å². The van der Waals surface area contributed by atoms with Gasteiger partial charge in [-0.05, 0) is 39.4 Å². The van der Waals surface area contributed by atoms with Crippen LogP contribution in [0.3, 0.4) is 0 Å². The van der Waals surface area contributed by atoms with Crippen molar-refractivity contribution in [3.8, 4) is 45.3 Å². The summed E-state index contributed by atoms with van der Waals surface area (Å²) in [5, 5.41) is 0. The van der Waals surface area contributed by atoms with Gasteiger partial charge in [-0.15, -0.1) is 0 Å². The van der Waals surface area contributed by atoms with Crippen molar-refractivity contribution in [3.05, 3.63) is 245 Å². The molecule has 2 heterocycles. The first-order valence-corrected chi connectivity index (χ1v) is 18.9. The van der Waals surface area contributed by atoms with Crippen molar-refractivity contribution in [2.45, 2.75) is 10.8 Å². The van der Waals surface area contributed by atoms with E-state index in [1.54, 1.807) is 0 Å². The number of hydrogen-bond acceptors (Lipinski definition) is 5.